The van der Waals surface area contributed by atoms with Gasteiger partial charge in [0.1, 0.15) is 5.75 Å². The van der Waals surface area contributed by atoms with Gasteiger partial charge in [0.05, 0.1) is 5.56 Å². The number of aliphatic carboxylic acids is 1. The molecule has 1 unspecified atom stereocenters. The molecule has 94 valence electrons. The van der Waals surface area contributed by atoms with E-state index >= 15 is 0 Å². The molecule has 0 aliphatic heterocycles. The zero-order valence-electron chi connectivity index (χ0n) is 8.57. The number of carboxylic acid groups (broad SMARTS) is 1. The summed E-state index contributed by atoms with van der Waals surface area (Å²) in [6, 6.07) is 4.37. The van der Waals surface area contributed by atoms with Crippen molar-refractivity contribution in [2.75, 3.05) is 6.54 Å². The maximum atomic E-state index is 12.5. The Balaban J connectivity index is 3.02. The van der Waals surface area contributed by atoms with Crippen LogP contribution in [0.3, 0.4) is 0 Å². The van der Waals surface area contributed by atoms with Crippen molar-refractivity contribution in [2.24, 2.45) is 5.73 Å². The average Bonchev–Trinajstić information content (AvgIpc) is 2.24. The number of halogens is 3. The van der Waals surface area contributed by atoms with Crippen molar-refractivity contribution in [3.05, 3.63) is 29.8 Å². The Morgan fingerprint density at radius 1 is 1.41 bits per heavy atom. The summed E-state index contributed by atoms with van der Waals surface area (Å²) >= 11 is 0. The van der Waals surface area contributed by atoms with Gasteiger partial charge in [-0.25, -0.2) is 4.79 Å². The van der Waals surface area contributed by atoms with Crippen LogP contribution >= 0.6 is 0 Å². The lowest BCUT2D eigenvalue weighted by molar-refractivity contribution is -0.147. The summed E-state index contributed by atoms with van der Waals surface area (Å²) in [5.41, 5.74) is 4.07. The molecule has 0 aliphatic carbocycles. The highest BCUT2D eigenvalue weighted by molar-refractivity contribution is 5.73. The van der Waals surface area contributed by atoms with Gasteiger partial charge in [-0.05, 0) is 12.1 Å². The summed E-state index contributed by atoms with van der Waals surface area (Å²) in [5.74, 6) is -1.96. The molecule has 7 heteroatoms. The number of rotatable bonds is 4. The van der Waals surface area contributed by atoms with Gasteiger partial charge in [0.25, 0.3) is 0 Å². The average molecular weight is 249 g/mol. The molecule has 0 spiro atoms. The lowest BCUT2D eigenvalue weighted by Crippen LogP contribution is -2.35. The summed E-state index contributed by atoms with van der Waals surface area (Å²) < 4.78 is 42.4. The molecule has 4 nitrogen and oxygen atoms in total. The van der Waals surface area contributed by atoms with Crippen LogP contribution in [-0.4, -0.2) is 23.7 Å². The number of ether oxygens (including phenoxy) is 1. The molecule has 0 fully saturated rings. The van der Waals surface area contributed by atoms with Crippen LogP contribution in [0.25, 0.3) is 0 Å². The van der Waals surface area contributed by atoms with Crippen LogP contribution in [0.15, 0.2) is 24.3 Å². The van der Waals surface area contributed by atoms with Crippen molar-refractivity contribution in [2.45, 2.75) is 12.3 Å². The number of alkyl halides is 3. The summed E-state index contributed by atoms with van der Waals surface area (Å²) in [5, 5.41) is 8.64. The fraction of sp³-hybridized carbons (Fsp3) is 0.300. The second kappa shape index (κ2) is 5.05. The molecule has 0 radical (unpaired) electrons. The van der Waals surface area contributed by atoms with Crippen LogP contribution in [0.2, 0.25) is 0 Å². The summed E-state index contributed by atoms with van der Waals surface area (Å²) in [7, 11) is 0. The third-order valence-electron chi connectivity index (χ3n) is 1.95. The van der Waals surface area contributed by atoms with Crippen molar-refractivity contribution in [3.63, 3.8) is 0 Å². The molecule has 17 heavy (non-hydrogen) atoms. The van der Waals surface area contributed by atoms with Crippen molar-refractivity contribution in [3.8, 4) is 5.75 Å². The van der Waals surface area contributed by atoms with Gasteiger partial charge >= 0.3 is 12.1 Å². The topological polar surface area (TPSA) is 72.5 Å². The van der Waals surface area contributed by atoms with Gasteiger partial charge in [-0.2, -0.15) is 13.2 Å². The predicted molar refractivity (Wildman–Crippen MR) is 52.6 cm³/mol. The molecule has 0 aromatic heterocycles. The van der Waals surface area contributed by atoms with Gasteiger partial charge in [0.2, 0.25) is 6.10 Å². The minimum atomic E-state index is -4.60. The summed E-state index contributed by atoms with van der Waals surface area (Å²) in [6.07, 6.45) is -6.10. The van der Waals surface area contributed by atoms with Gasteiger partial charge in [0.15, 0.2) is 0 Å². The maximum Gasteiger partial charge on any atom is 0.419 e. The number of para-hydroxylation sites is 1. The van der Waals surface area contributed by atoms with Gasteiger partial charge in [-0.3, -0.25) is 0 Å². The Labute approximate surface area is 94.8 Å². The Morgan fingerprint density at radius 2 is 2.00 bits per heavy atom. The molecule has 0 saturated heterocycles. The van der Waals surface area contributed by atoms with Crippen LogP contribution in [0.5, 0.6) is 5.75 Å². The number of benzene rings is 1. The van der Waals surface area contributed by atoms with Gasteiger partial charge in [0, 0.05) is 6.54 Å². The van der Waals surface area contributed by atoms with Crippen LogP contribution in [0.4, 0.5) is 13.2 Å². The van der Waals surface area contributed by atoms with E-state index in [2.05, 4.69) is 0 Å². The van der Waals surface area contributed by atoms with E-state index < -0.39 is 36.1 Å². The third-order valence-corrected chi connectivity index (χ3v) is 1.95. The van der Waals surface area contributed by atoms with Crippen molar-refractivity contribution >= 4 is 5.97 Å². The number of hydrogen-bond donors (Lipinski definition) is 2. The fourth-order valence-electron chi connectivity index (χ4n) is 1.16. The minimum Gasteiger partial charge on any atom is -0.478 e. The van der Waals surface area contributed by atoms with E-state index in [4.69, 9.17) is 15.6 Å². The smallest absolute Gasteiger partial charge is 0.419 e. The number of carbonyl (C=O) groups is 1. The van der Waals surface area contributed by atoms with Gasteiger partial charge in [-0.1, -0.05) is 12.1 Å². The Bertz CT molecular complexity index is 406. The minimum absolute atomic E-state index is 0.415. The number of carboxylic acids is 1. The monoisotopic (exact) mass is 249 g/mol. The molecule has 3 N–H and O–H groups in total. The molecule has 0 aliphatic rings. The van der Waals surface area contributed by atoms with E-state index in [0.717, 1.165) is 12.1 Å². The predicted octanol–water partition coefficient (Wildman–Crippen LogP) is 1.50. The standard InChI is InChI=1S/C10H10F3NO3/c11-10(12,13)6-3-1-2-4-7(6)17-8(5-14)9(15)16/h1-4,8H,5,14H2,(H,15,16). The number of nitrogens with two attached hydrogens (primary N) is 1. The number of hydrogen-bond acceptors (Lipinski definition) is 3. The molecule has 1 rings (SSSR count). The molecule has 1 aromatic carbocycles. The van der Waals surface area contributed by atoms with Crippen molar-refractivity contribution < 1.29 is 27.8 Å². The summed E-state index contributed by atoms with van der Waals surface area (Å²) in [4.78, 5) is 10.6. The van der Waals surface area contributed by atoms with Gasteiger partial charge in [-0.15, -0.1) is 0 Å². The SMILES string of the molecule is NCC(Oc1ccccc1C(F)(F)F)C(=O)O. The van der Waals surface area contributed by atoms with E-state index in [1.807, 2.05) is 0 Å². The molecule has 0 amide bonds. The van der Waals surface area contributed by atoms with Crippen LogP contribution in [-0.2, 0) is 11.0 Å². The first-order valence-corrected chi connectivity index (χ1v) is 4.62. The largest absolute Gasteiger partial charge is 0.478 e. The first kappa shape index (κ1) is 13.3. The van der Waals surface area contributed by atoms with E-state index in [1.54, 1.807) is 0 Å². The molecular weight excluding hydrogens is 239 g/mol. The van der Waals surface area contributed by atoms with Crippen molar-refractivity contribution in [1.29, 1.82) is 0 Å². The third kappa shape index (κ3) is 3.35. The zero-order chi connectivity index (χ0) is 13.1. The van der Waals surface area contributed by atoms with Crippen LogP contribution in [0, 0.1) is 0 Å². The lowest BCUT2D eigenvalue weighted by atomic mass is 10.2. The highest BCUT2D eigenvalue weighted by Crippen LogP contribution is 2.36. The van der Waals surface area contributed by atoms with E-state index in [1.165, 1.54) is 12.1 Å². The highest BCUT2D eigenvalue weighted by Gasteiger charge is 2.35. The second-order valence-electron chi connectivity index (χ2n) is 3.17. The quantitative estimate of drug-likeness (QED) is 0.848. The molecule has 0 bridgehead atoms. The lowest BCUT2D eigenvalue weighted by Gasteiger charge is -2.17. The highest BCUT2D eigenvalue weighted by atomic mass is 19.4. The van der Waals surface area contributed by atoms with Crippen molar-refractivity contribution in [1.82, 2.24) is 0 Å². The normalized spacial score (nSPS) is 13.2. The summed E-state index contributed by atoms with van der Waals surface area (Å²) in [6.45, 7) is -0.415. The molecule has 0 heterocycles. The maximum absolute atomic E-state index is 12.5. The first-order valence-electron chi connectivity index (χ1n) is 4.62. The first-order chi connectivity index (χ1) is 7.86. The molecule has 0 saturated carbocycles. The van der Waals surface area contributed by atoms with E-state index in [0.29, 0.717) is 0 Å². The Morgan fingerprint density at radius 3 is 2.47 bits per heavy atom. The Kier molecular flexibility index (Phi) is 3.95. The fourth-order valence-corrected chi connectivity index (χ4v) is 1.16. The molecular formula is C10H10F3NO3. The zero-order valence-corrected chi connectivity index (χ0v) is 8.57. The van der Waals surface area contributed by atoms with Crippen LogP contribution in [0.1, 0.15) is 5.56 Å². The molecule has 1 aromatic rings. The second-order valence-corrected chi connectivity index (χ2v) is 3.17. The van der Waals surface area contributed by atoms with Crippen LogP contribution < -0.4 is 10.5 Å². The molecule has 1 atom stereocenters. The van der Waals surface area contributed by atoms with E-state index in [9.17, 15) is 18.0 Å². The van der Waals surface area contributed by atoms with E-state index in [-0.39, 0.29) is 0 Å². The van der Waals surface area contributed by atoms with Gasteiger partial charge < -0.3 is 15.6 Å². The Hall–Kier alpha value is -1.76.